The van der Waals surface area contributed by atoms with Crippen LogP contribution in [0.3, 0.4) is 0 Å². The van der Waals surface area contributed by atoms with Crippen LogP contribution in [0.1, 0.15) is 37.4 Å². The molecule has 0 saturated carbocycles. The van der Waals surface area contributed by atoms with Gasteiger partial charge in [-0.3, -0.25) is 0 Å². The molecule has 1 nitrogen and oxygen atoms in total. The smallest absolute Gasteiger partial charge is 0.0291 e. The molecule has 1 atom stereocenters. The number of nitrogens with one attached hydrogen (secondary N) is 1. The highest BCUT2D eigenvalue weighted by molar-refractivity contribution is 7.99. The highest BCUT2D eigenvalue weighted by Gasteiger charge is 2.04. The van der Waals surface area contributed by atoms with E-state index in [1.165, 1.54) is 27.3 Å². The van der Waals surface area contributed by atoms with Gasteiger partial charge < -0.3 is 5.32 Å². The van der Waals surface area contributed by atoms with Gasteiger partial charge >= 0.3 is 0 Å². The van der Waals surface area contributed by atoms with Gasteiger partial charge in [0.15, 0.2) is 0 Å². The van der Waals surface area contributed by atoms with Gasteiger partial charge in [-0.15, -0.1) is 0 Å². The highest BCUT2D eigenvalue weighted by Crippen LogP contribution is 2.28. The fourth-order valence-electron chi connectivity index (χ4n) is 2.05. The maximum atomic E-state index is 3.52. The number of benzene rings is 2. The highest BCUT2D eigenvalue weighted by atomic mass is 32.2. The third-order valence-corrected chi connectivity index (χ3v) is 4.35. The van der Waals surface area contributed by atoms with Crippen LogP contribution in [0.5, 0.6) is 0 Å². The molecule has 2 aromatic rings. The van der Waals surface area contributed by atoms with Gasteiger partial charge in [-0.1, -0.05) is 48.5 Å². The summed E-state index contributed by atoms with van der Waals surface area (Å²) in [5, 5.41) is 3.52. The molecule has 106 valence electrons. The lowest BCUT2D eigenvalue weighted by molar-refractivity contribution is 0.570. The predicted molar refractivity (Wildman–Crippen MR) is 88.5 cm³/mol. The van der Waals surface area contributed by atoms with Crippen LogP contribution in [-0.4, -0.2) is 6.54 Å². The van der Waals surface area contributed by atoms with Crippen LogP contribution in [0.2, 0.25) is 0 Å². The summed E-state index contributed by atoms with van der Waals surface area (Å²) in [6.45, 7) is 7.60. The van der Waals surface area contributed by atoms with Crippen molar-refractivity contribution in [3.63, 3.8) is 0 Å². The van der Waals surface area contributed by atoms with Crippen molar-refractivity contribution in [2.45, 2.75) is 43.0 Å². The molecule has 0 heterocycles. The van der Waals surface area contributed by atoms with E-state index in [1.54, 1.807) is 0 Å². The van der Waals surface area contributed by atoms with Crippen molar-refractivity contribution < 1.29 is 0 Å². The molecule has 1 N–H and O–H groups in total. The first-order valence-corrected chi connectivity index (χ1v) is 8.08. The average molecular weight is 285 g/mol. The fourth-order valence-corrected chi connectivity index (χ4v) is 2.86. The Bertz CT molecular complexity index is 516. The average Bonchev–Trinajstić information content (AvgIpc) is 2.48. The van der Waals surface area contributed by atoms with Gasteiger partial charge in [-0.2, -0.15) is 0 Å². The van der Waals surface area contributed by atoms with Crippen molar-refractivity contribution in [2.75, 3.05) is 6.54 Å². The lowest BCUT2D eigenvalue weighted by atomic mass is 10.1. The number of aryl methyl sites for hydroxylation is 1. The van der Waals surface area contributed by atoms with E-state index in [-0.39, 0.29) is 0 Å². The molecule has 0 amide bonds. The molecule has 0 aromatic heterocycles. The first-order valence-electron chi connectivity index (χ1n) is 7.27. The van der Waals surface area contributed by atoms with Crippen LogP contribution in [0.15, 0.2) is 58.3 Å². The van der Waals surface area contributed by atoms with Crippen LogP contribution < -0.4 is 5.32 Å². The minimum Gasteiger partial charge on any atom is -0.310 e. The lowest BCUT2D eigenvalue weighted by Crippen LogP contribution is -2.19. The summed E-state index contributed by atoms with van der Waals surface area (Å²) in [6, 6.07) is 18.0. The third kappa shape index (κ3) is 4.39. The molecule has 0 spiro atoms. The van der Waals surface area contributed by atoms with Gasteiger partial charge in [-0.05, 0) is 56.6 Å². The molecule has 0 aliphatic heterocycles. The van der Waals surface area contributed by atoms with E-state index in [0.29, 0.717) is 6.04 Å². The molecule has 0 bridgehead atoms. The van der Waals surface area contributed by atoms with Crippen molar-refractivity contribution >= 4 is 11.8 Å². The van der Waals surface area contributed by atoms with Crippen molar-refractivity contribution in [1.29, 1.82) is 0 Å². The zero-order valence-electron chi connectivity index (χ0n) is 12.5. The Kier molecular flexibility index (Phi) is 5.69. The number of hydrogen-bond donors (Lipinski definition) is 1. The van der Waals surface area contributed by atoms with Crippen LogP contribution in [0.25, 0.3) is 0 Å². The van der Waals surface area contributed by atoms with E-state index < -0.39 is 0 Å². The number of hydrogen-bond acceptors (Lipinski definition) is 2. The molecular weight excluding hydrogens is 262 g/mol. The van der Waals surface area contributed by atoms with Crippen LogP contribution >= 0.6 is 11.8 Å². The van der Waals surface area contributed by atoms with Crippen molar-refractivity contribution in [3.05, 3.63) is 59.7 Å². The quantitative estimate of drug-likeness (QED) is 0.782. The van der Waals surface area contributed by atoms with E-state index in [2.05, 4.69) is 74.6 Å². The molecule has 0 saturated heterocycles. The second-order valence-corrected chi connectivity index (χ2v) is 6.31. The summed E-state index contributed by atoms with van der Waals surface area (Å²) in [4.78, 5) is 2.58. The van der Waals surface area contributed by atoms with Crippen molar-refractivity contribution in [3.8, 4) is 0 Å². The fraction of sp³-hybridized carbons (Fsp3) is 0.333. The summed E-state index contributed by atoms with van der Waals surface area (Å²) >= 11 is 1.81. The van der Waals surface area contributed by atoms with E-state index >= 15 is 0 Å². The molecule has 1 unspecified atom stereocenters. The van der Waals surface area contributed by atoms with Gasteiger partial charge in [0.2, 0.25) is 0 Å². The van der Waals surface area contributed by atoms with E-state index in [9.17, 15) is 0 Å². The summed E-state index contributed by atoms with van der Waals surface area (Å²) in [6.07, 6.45) is 1.17. The maximum Gasteiger partial charge on any atom is 0.0291 e. The molecule has 2 aromatic carbocycles. The Hall–Kier alpha value is -1.25. The monoisotopic (exact) mass is 285 g/mol. The van der Waals surface area contributed by atoms with Crippen LogP contribution in [-0.2, 0) is 0 Å². The second kappa shape index (κ2) is 7.51. The molecule has 2 heteroatoms. The zero-order valence-corrected chi connectivity index (χ0v) is 13.3. The Morgan fingerprint density at radius 2 is 1.50 bits per heavy atom. The third-order valence-electron chi connectivity index (χ3n) is 3.34. The minimum atomic E-state index is 0.424. The largest absolute Gasteiger partial charge is 0.310 e. The van der Waals surface area contributed by atoms with E-state index in [0.717, 1.165) is 6.54 Å². The number of rotatable bonds is 6. The minimum absolute atomic E-state index is 0.424. The van der Waals surface area contributed by atoms with Crippen molar-refractivity contribution in [2.24, 2.45) is 0 Å². The SMILES string of the molecule is CCCNC(C)c1ccc(Sc2ccc(C)cc2)cc1. The first kappa shape index (κ1) is 15.1. The Labute approximate surface area is 126 Å². The van der Waals surface area contributed by atoms with Gasteiger partial charge in [0.1, 0.15) is 0 Å². The van der Waals surface area contributed by atoms with Gasteiger partial charge in [0.05, 0.1) is 0 Å². The Balaban J connectivity index is 1.99. The summed E-state index contributed by atoms with van der Waals surface area (Å²) in [5.41, 5.74) is 2.66. The second-order valence-electron chi connectivity index (χ2n) is 5.16. The van der Waals surface area contributed by atoms with E-state index in [4.69, 9.17) is 0 Å². The topological polar surface area (TPSA) is 12.0 Å². The summed E-state index contributed by atoms with van der Waals surface area (Å²) in [7, 11) is 0. The Morgan fingerprint density at radius 1 is 0.950 bits per heavy atom. The van der Waals surface area contributed by atoms with E-state index in [1.807, 2.05) is 11.8 Å². The molecule has 0 fully saturated rings. The van der Waals surface area contributed by atoms with Gasteiger partial charge in [0.25, 0.3) is 0 Å². The molecule has 2 rings (SSSR count). The zero-order chi connectivity index (χ0) is 14.4. The standard InChI is InChI=1S/C18H23NS/c1-4-13-19-15(3)16-7-11-18(12-8-16)20-17-9-5-14(2)6-10-17/h5-12,15,19H,4,13H2,1-3H3. The van der Waals surface area contributed by atoms with Crippen molar-refractivity contribution in [1.82, 2.24) is 5.32 Å². The van der Waals surface area contributed by atoms with Gasteiger partial charge in [-0.25, -0.2) is 0 Å². The molecule has 0 aliphatic carbocycles. The predicted octanol–water partition coefficient (Wildman–Crippen LogP) is 5.21. The molecular formula is C18H23NS. The summed E-state index contributed by atoms with van der Waals surface area (Å²) in [5.74, 6) is 0. The van der Waals surface area contributed by atoms with Gasteiger partial charge in [0, 0.05) is 15.8 Å². The lowest BCUT2D eigenvalue weighted by Gasteiger charge is -2.14. The van der Waals surface area contributed by atoms with Crippen LogP contribution in [0.4, 0.5) is 0 Å². The Morgan fingerprint density at radius 3 is 2.05 bits per heavy atom. The molecule has 0 radical (unpaired) electrons. The summed E-state index contributed by atoms with van der Waals surface area (Å²) < 4.78 is 0. The normalized spacial score (nSPS) is 12.3. The first-order chi connectivity index (χ1) is 9.69. The molecule has 0 aliphatic rings. The molecule has 20 heavy (non-hydrogen) atoms. The van der Waals surface area contributed by atoms with Crippen LogP contribution in [0, 0.1) is 6.92 Å². The maximum absolute atomic E-state index is 3.52.